The topological polar surface area (TPSA) is 72.2 Å². The Morgan fingerprint density at radius 3 is 2.50 bits per heavy atom. The van der Waals surface area contributed by atoms with Gasteiger partial charge in [0.15, 0.2) is 0 Å². The number of benzene rings is 1. The molecule has 3 N–H and O–H groups in total. The van der Waals surface area contributed by atoms with Crippen LogP contribution in [0.4, 0.5) is 10.1 Å². The van der Waals surface area contributed by atoms with Crippen LogP contribution in [0.3, 0.4) is 0 Å². The Kier molecular flexibility index (Phi) is 4.70. The monoisotopic (exact) mass is 274 g/mol. The second-order valence-electron chi connectivity index (χ2n) is 4.56. The van der Waals surface area contributed by atoms with Crippen molar-refractivity contribution in [2.24, 2.45) is 5.92 Å². The molecule has 1 unspecified atom stereocenters. The van der Waals surface area contributed by atoms with E-state index in [-0.39, 0.29) is 22.5 Å². The molecule has 0 amide bonds. The molecule has 0 saturated heterocycles. The van der Waals surface area contributed by atoms with Gasteiger partial charge in [-0.15, -0.1) is 0 Å². The Hall–Kier alpha value is -1.14. The van der Waals surface area contributed by atoms with Crippen LogP contribution in [0.25, 0.3) is 0 Å². The largest absolute Gasteiger partial charge is 0.398 e. The van der Waals surface area contributed by atoms with Crippen molar-refractivity contribution < 1.29 is 12.8 Å². The molecule has 0 fully saturated rings. The van der Waals surface area contributed by atoms with Crippen LogP contribution in [0.2, 0.25) is 0 Å². The molecule has 0 bridgehead atoms. The van der Waals surface area contributed by atoms with Crippen LogP contribution < -0.4 is 10.5 Å². The predicted molar refractivity (Wildman–Crippen MR) is 70.1 cm³/mol. The molecule has 0 aliphatic carbocycles. The van der Waals surface area contributed by atoms with Crippen molar-refractivity contribution in [3.05, 3.63) is 24.0 Å². The van der Waals surface area contributed by atoms with Crippen molar-refractivity contribution >= 4 is 15.7 Å². The zero-order valence-electron chi connectivity index (χ0n) is 10.8. The van der Waals surface area contributed by atoms with Gasteiger partial charge in [-0.2, -0.15) is 0 Å². The van der Waals surface area contributed by atoms with Crippen molar-refractivity contribution in [1.82, 2.24) is 4.72 Å². The normalized spacial score (nSPS) is 13.8. The molecule has 1 rings (SSSR count). The summed E-state index contributed by atoms with van der Waals surface area (Å²) < 4.78 is 39.9. The highest BCUT2D eigenvalue weighted by molar-refractivity contribution is 7.89. The SMILES string of the molecule is CCC(NS(=O)(=O)c1cc(F)ccc1N)C(C)C. The Balaban J connectivity index is 3.10. The lowest BCUT2D eigenvalue weighted by molar-refractivity contribution is 0.437. The summed E-state index contributed by atoms with van der Waals surface area (Å²) in [6, 6.07) is 3.12. The molecule has 0 aliphatic rings. The molecule has 0 aromatic heterocycles. The van der Waals surface area contributed by atoms with Crippen molar-refractivity contribution in [2.45, 2.75) is 38.1 Å². The van der Waals surface area contributed by atoms with Gasteiger partial charge in [0.25, 0.3) is 0 Å². The van der Waals surface area contributed by atoms with E-state index in [9.17, 15) is 12.8 Å². The van der Waals surface area contributed by atoms with E-state index in [0.717, 1.165) is 12.1 Å². The fourth-order valence-electron chi connectivity index (χ4n) is 1.69. The third kappa shape index (κ3) is 3.43. The third-order valence-electron chi connectivity index (χ3n) is 2.82. The fraction of sp³-hybridized carbons (Fsp3) is 0.500. The van der Waals surface area contributed by atoms with Crippen molar-refractivity contribution in [3.63, 3.8) is 0 Å². The summed E-state index contributed by atoms with van der Waals surface area (Å²) in [6.45, 7) is 5.74. The summed E-state index contributed by atoms with van der Waals surface area (Å²) in [5, 5.41) is 0. The van der Waals surface area contributed by atoms with Crippen LogP contribution in [-0.4, -0.2) is 14.5 Å². The highest BCUT2D eigenvalue weighted by Gasteiger charge is 2.23. The van der Waals surface area contributed by atoms with E-state index in [1.807, 2.05) is 20.8 Å². The van der Waals surface area contributed by atoms with Gasteiger partial charge in [-0.3, -0.25) is 0 Å². The number of halogens is 1. The van der Waals surface area contributed by atoms with E-state index in [0.29, 0.717) is 6.42 Å². The van der Waals surface area contributed by atoms with E-state index >= 15 is 0 Å². The number of nitrogens with one attached hydrogen (secondary N) is 1. The number of hydrogen-bond donors (Lipinski definition) is 2. The molecule has 1 atom stereocenters. The second-order valence-corrected chi connectivity index (χ2v) is 6.24. The molecule has 102 valence electrons. The van der Waals surface area contributed by atoms with Gasteiger partial charge >= 0.3 is 0 Å². The third-order valence-corrected chi connectivity index (χ3v) is 4.36. The predicted octanol–water partition coefficient (Wildman–Crippen LogP) is 2.12. The highest BCUT2D eigenvalue weighted by Crippen LogP contribution is 2.20. The standard InChI is InChI=1S/C12H19FN2O2S/c1-4-11(8(2)3)15-18(16,17)12-7-9(13)5-6-10(12)14/h5-8,11,15H,4,14H2,1-3H3. The number of rotatable bonds is 5. The molecular formula is C12H19FN2O2S. The summed E-state index contributed by atoms with van der Waals surface area (Å²) in [4.78, 5) is -0.207. The molecule has 0 spiro atoms. The van der Waals surface area contributed by atoms with Crippen LogP contribution in [0.1, 0.15) is 27.2 Å². The number of hydrogen-bond acceptors (Lipinski definition) is 3. The van der Waals surface area contributed by atoms with Gasteiger partial charge in [0, 0.05) is 6.04 Å². The zero-order chi connectivity index (χ0) is 13.9. The molecular weight excluding hydrogens is 255 g/mol. The summed E-state index contributed by atoms with van der Waals surface area (Å²) in [5.74, 6) is -0.471. The maximum absolute atomic E-state index is 13.1. The van der Waals surface area contributed by atoms with Gasteiger partial charge in [-0.1, -0.05) is 20.8 Å². The Labute approximate surface area is 107 Å². The van der Waals surface area contributed by atoms with Gasteiger partial charge in [0.05, 0.1) is 5.69 Å². The summed E-state index contributed by atoms with van der Waals surface area (Å²) in [5.41, 5.74) is 5.63. The van der Waals surface area contributed by atoms with Crippen LogP contribution in [0.5, 0.6) is 0 Å². The maximum Gasteiger partial charge on any atom is 0.242 e. The van der Waals surface area contributed by atoms with E-state index in [1.165, 1.54) is 6.07 Å². The molecule has 1 aromatic rings. The molecule has 4 nitrogen and oxygen atoms in total. The van der Waals surface area contributed by atoms with E-state index < -0.39 is 15.8 Å². The quantitative estimate of drug-likeness (QED) is 0.808. The zero-order valence-corrected chi connectivity index (χ0v) is 11.6. The number of nitrogen functional groups attached to an aromatic ring is 1. The lowest BCUT2D eigenvalue weighted by Crippen LogP contribution is -2.38. The average molecular weight is 274 g/mol. The molecule has 1 aromatic carbocycles. The minimum absolute atomic E-state index is 0.0440. The molecule has 0 aliphatic heterocycles. The average Bonchev–Trinajstić information content (AvgIpc) is 2.28. The fourth-order valence-corrected chi connectivity index (χ4v) is 3.30. The van der Waals surface area contributed by atoms with E-state index in [2.05, 4.69) is 4.72 Å². The van der Waals surface area contributed by atoms with Crippen LogP contribution in [-0.2, 0) is 10.0 Å². The Morgan fingerprint density at radius 1 is 1.39 bits per heavy atom. The van der Waals surface area contributed by atoms with E-state index in [1.54, 1.807) is 0 Å². The van der Waals surface area contributed by atoms with Crippen molar-refractivity contribution in [2.75, 3.05) is 5.73 Å². The van der Waals surface area contributed by atoms with Gasteiger partial charge < -0.3 is 5.73 Å². The van der Waals surface area contributed by atoms with Crippen molar-refractivity contribution in [1.29, 1.82) is 0 Å². The Morgan fingerprint density at radius 2 is 2.00 bits per heavy atom. The smallest absolute Gasteiger partial charge is 0.242 e. The van der Waals surface area contributed by atoms with Crippen molar-refractivity contribution in [3.8, 4) is 0 Å². The first-order valence-electron chi connectivity index (χ1n) is 5.85. The molecule has 0 radical (unpaired) electrons. The van der Waals surface area contributed by atoms with Gasteiger partial charge in [-0.05, 0) is 30.5 Å². The second kappa shape index (κ2) is 5.67. The van der Waals surface area contributed by atoms with Gasteiger partial charge in [-0.25, -0.2) is 17.5 Å². The van der Waals surface area contributed by atoms with Gasteiger partial charge in [0.1, 0.15) is 10.7 Å². The highest BCUT2D eigenvalue weighted by atomic mass is 32.2. The van der Waals surface area contributed by atoms with E-state index in [4.69, 9.17) is 5.73 Å². The maximum atomic E-state index is 13.1. The Bertz CT molecular complexity index is 515. The molecule has 18 heavy (non-hydrogen) atoms. The first kappa shape index (κ1) is 14.9. The summed E-state index contributed by atoms with van der Waals surface area (Å²) in [7, 11) is -3.78. The van der Waals surface area contributed by atoms with Crippen LogP contribution >= 0.6 is 0 Å². The van der Waals surface area contributed by atoms with Crippen LogP contribution in [0.15, 0.2) is 23.1 Å². The van der Waals surface area contributed by atoms with Crippen LogP contribution in [0, 0.1) is 11.7 Å². The molecule has 0 heterocycles. The minimum atomic E-state index is -3.78. The number of anilines is 1. The summed E-state index contributed by atoms with van der Waals surface area (Å²) in [6.07, 6.45) is 0.659. The first-order valence-corrected chi connectivity index (χ1v) is 7.33. The molecule has 0 saturated carbocycles. The lowest BCUT2D eigenvalue weighted by Gasteiger charge is -2.21. The number of sulfonamides is 1. The minimum Gasteiger partial charge on any atom is -0.398 e. The van der Waals surface area contributed by atoms with Gasteiger partial charge in [0.2, 0.25) is 10.0 Å². The summed E-state index contributed by atoms with van der Waals surface area (Å²) >= 11 is 0. The molecule has 6 heteroatoms. The first-order chi connectivity index (χ1) is 8.27. The number of nitrogens with two attached hydrogens (primary N) is 1. The lowest BCUT2D eigenvalue weighted by atomic mass is 10.0.